The summed E-state index contributed by atoms with van der Waals surface area (Å²) in [7, 11) is 0. The Morgan fingerprint density at radius 1 is 1.41 bits per heavy atom. The van der Waals surface area contributed by atoms with Crippen molar-refractivity contribution in [3.8, 4) is 0 Å². The summed E-state index contributed by atoms with van der Waals surface area (Å²) in [6, 6.07) is 4.37. The third kappa shape index (κ3) is 3.13. The molecule has 0 atom stereocenters. The van der Waals surface area contributed by atoms with Gasteiger partial charge in [0.05, 0.1) is 0 Å². The maximum atomic E-state index is 13.2. The zero-order valence-electron chi connectivity index (χ0n) is 10.2. The molecule has 1 aromatic carbocycles. The van der Waals surface area contributed by atoms with E-state index in [0.717, 1.165) is 30.9 Å². The van der Waals surface area contributed by atoms with Crippen LogP contribution < -0.4 is 0 Å². The Balaban J connectivity index is 2.07. The van der Waals surface area contributed by atoms with Gasteiger partial charge in [-0.15, -0.1) is 0 Å². The number of hydrogen-bond donors (Lipinski definition) is 0. The highest BCUT2D eigenvalue weighted by atomic mass is 19.1. The van der Waals surface area contributed by atoms with Crippen molar-refractivity contribution in [2.75, 3.05) is 13.1 Å². The van der Waals surface area contributed by atoms with Crippen LogP contribution >= 0.6 is 0 Å². The maximum absolute atomic E-state index is 13.2. The monoisotopic (exact) mass is 235 g/mol. The van der Waals surface area contributed by atoms with Crippen molar-refractivity contribution in [1.29, 1.82) is 0 Å². The van der Waals surface area contributed by atoms with Gasteiger partial charge in [0.1, 0.15) is 12.1 Å². The van der Waals surface area contributed by atoms with E-state index in [1.165, 1.54) is 25.0 Å². The Hall–Kier alpha value is -1.22. The van der Waals surface area contributed by atoms with Crippen molar-refractivity contribution in [3.05, 3.63) is 35.1 Å². The van der Waals surface area contributed by atoms with E-state index >= 15 is 0 Å². The van der Waals surface area contributed by atoms with Gasteiger partial charge in [-0.25, -0.2) is 4.39 Å². The van der Waals surface area contributed by atoms with E-state index in [-0.39, 0.29) is 5.82 Å². The molecular weight excluding hydrogens is 217 g/mol. The van der Waals surface area contributed by atoms with Crippen molar-refractivity contribution in [2.45, 2.75) is 26.3 Å². The van der Waals surface area contributed by atoms with Gasteiger partial charge in [0.2, 0.25) is 0 Å². The number of halogens is 1. The topological polar surface area (TPSA) is 20.3 Å². The fourth-order valence-electron chi connectivity index (χ4n) is 2.29. The molecule has 1 heterocycles. The highest BCUT2D eigenvalue weighted by Crippen LogP contribution is 2.19. The molecule has 0 aromatic heterocycles. The number of benzene rings is 1. The minimum atomic E-state index is -0.268. The fourth-order valence-corrected chi connectivity index (χ4v) is 2.29. The van der Waals surface area contributed by atoms with Crippen molar-refractivity contribution in [1.82, 2.24) is 4.90 Å². The third-order valence-corrected chi connectivity index (χ3v) is 3.50. The Kier molecular flexibility index (Phi) is 3.89. The van der Waals surface area contributed by atoms with Crippen LogP contribution in [0.1, 0.15) is 35.7 Å². The first kappa shape index (κ1) is 12.2. The van der Waals surface area contributed by atoms with Gasteiger partial charge in [-0.2, -0.15) is 0 Å². The zero-order valence-corrected chi connectivity index (χ0v) is 10.2. The van der Waals surface area contributed by atoms with Crippen molar-refractivity contribution >= 4 is 6.29 Å². The largest absolute Gasteiger partial charge is 0.299 e. The highest BCUT2D eigenvalue weighted by Gasteiger charge is 2.16. The standard InChI is InChI=1S/C14H18FNO/c1-11-4-6-16(7-5-11)9-13-8-14(15)3-2-12(13)10-17/h2-3,8,10-11H,4-7,9H2,1H3. The van der Waals surface area contributed by atoms with Gasteiger partial charge in [0, 0.05) is 12.1 Å². The van der Waals surface area contributed by atoms with Crippen LogP contribution in [-0.2, 0) is 6.54 Å². The number of rotatable bonds is 3. The average Bonchev–Trinajstić information content (AvgIpc) is 2.32. The summed E-state index contributed by atoms with van der Waals surface area (Å²) in [5, 5.41) is 0. The first-order valence-corrected chi connectivity index (χ1v) is 6.15. The maximum Gasteiger partial charge on any atom is 0.150 e. The summed E-state index contributed by atoms with van der Waals surface area (Å²) in [6.07, 6.45) is 3.18. The Morgan fingerprint density at radius 3 is 2.76 bits per heavy atom. The van der Waals surface area contributed by atoms with Gasteiger partial charge < -0.3 is 0 Å². The molecule has 1 fully saturated rings. The summed E-state index contributed by atoms with van der Waals surface area (Å²) in [5.41, 5.74) is 1.40. The molecule has 1 aliphatic heterocycles. The number of aldehydes is 1. The second-order valence-corrected chi connectivity index (χ2v) is 4.92. The SMILES string of the molecule is CC1CCN(Cc2cc(F)ccc2C=O)CC1. The lowest BCUT2D eigenvalue weighted by atomic mass is 9.98. The molecule has 1 saturated heterocycles. The molecule has 0 saturated carbocycles. The normalized spacial score (nSPS) is 18.2. The van der Waals surface area contributed by atoms with Gasteiger partial charge in [-0.3, -0.25) is 9.69 Å². The molecular formula is C14H18FNO. The molecule has 3 heteroatoms. The van der Waals surface area contributed by atoms with Crippen LogP contribution in [0.4, 0.5) is 4.39 Å². The molecule has 0 aliphatic carbocycles. The lowest BCUT2D eigenvalue weighted by molar-refractivity contribution is 0.112. The summed E-state index contributed by atoms with van der Waals surface area (Å²) in [6.45, 7) is 5.01. The van der Waals surface area contributed by atoms with Crippen LogP contribution in [0.5, 0.6) is 0 Å². The lowest BCUT2D eigenvalue weighted by Gasteiger charge is -2.30. The Labute approximate surface area is 101 Å². The van der Waals surface area contributed by atoms with E-state index in [0.29, 0.717) is 12.1 Å². The number of piperidine rings is 1. The molecule has 0 bridgehead atoms. The molecule has 1 aromatic rings. The highest BCUT2D eigenvalue weighted by molar-refractivity contribution is 5.77. The quantitative estimate of drug-likeness (QED) is 0.751. The molecule has 2 rings (SSSR count). The van der Waals surface area contributed by atoms with Gasteiger partial charge in [0.15, 0.2) is 0 Å². The van der Waals surface area contributed by atoms with Crippen molar-refractivity contribution in [2.24, 2.45) is 5.92 Å². The predicted molar refractivity (Wildman–Crippen MR) is 65.5 cm³/mol. The number of hydrogen-bond acceptors (Lipinski definition) is 2. The minimum absolute atomic E-state index is 0.268. The summed E-state index contributed by atoms with van der Waals surface area (Å²) >= 11 is 0. The fraction of sp³-hybridized carbons (Fsp3) is 0.500. The van der Waals surface area contributed by atoms with E-state index in [1.807, 2.05) is 0 Å². The van der Waals surface area contributed by atoms with Crippen LogP contribution in [-0.4, -0.2) is 24.3 Å². The number of likely N-dealkylation sites (tertiary alicyclic amines) is 1. The van der Waals surface area contributed by atoms with E-state index in [2.05, 4.69) is 11.8 Å². The molecule has 0 spiro atoms. The van der Waals surface area contributed by atoms with E-state index < -0.39 is 0 Å². The summed E-state index contributed by atoms with van der Waals surface area (Å²) in [5.74, 6) is 0.514. The van der Waals surface area contributed by atoms with E-state index in [1.54, 1.807) is 6.07 Å². The minimum Gasteiger partial charge on any atom is -0.299 e. The van der Waals surface area contributed by atoms with Crippen molar-refractivity contribution in [3.63, 3.8) is 0 Å². The molecule has 0 unspecified atom stereocenters. The van der Waals surface area contributed by atoms with E-state index in [4.69, 9.17) is 0 Å². The number of nitrogens with zero attached hydrogens (tertiary/aromatic N) is 1. The first-order valence-electron chi connectivity index (χ1n) is 6.15. The second-order valence-electron chi connectivity index (χ2n) is 4.92. The number of carbonyl (C=O) groups is 1. The molecule has 0 N–H and O–H groups in total. The van der Waals surface area contributed by atoms with Crippen LogP contribution in [0.2, 0.25) is 0 Å². The third-order valence-electron chi connectivity index (χ3n) is 3.50. The smallest absolute Gasteiger partial charge is 0.150 e. The molecule has 0 amide bonds. The molecule has 1 aliphatic rings. The predicted octanol–water partition coefficient (Wildman–Crippen LogP) is 2.87. The molecule has 0 radical (unpaired) electrons. The first-order chi connectivity index (χ1) is 8.19. The summed E-state index contributed by atoms with van der Waals surface area (Å²) < 4.78 is 13.2. The zero-order chi connectivity index (χ0) is 12.3. The van der Waals surface area contributed by atoms with Crippen LogP contribution in [0.3, 0.4) is 0 Å². The lowest BCUT2D eigenvalue weighted by Crippen LogP contribution is -2.32. The van der Waals surface area contributed by atoms with Crippen LogP contribution in [0.15, 0.2) is 18.2 Å². The average molecular weight is 235 g/mol. The van der Waals surface area contributed by atoms with Gasteiger partial charge >= 0.3 is 0 Å². The van der Waals surface area contributed by atoms with Crippen LogP contribution in [0, 0.1) is 11.7 Å². The van der Waals surface area contributed by atoms with E-state index in [9.17, 15) is 9.18 Å². The molecule has 92 valence electrons. The Morgan fingerprint density at radius 2 is 2.12 bits per heavy atom. The molecule has 17 heavy (non-hydrogen) atoms. The van der Waals surface area contributed by atoms with Gasteiger partial charge in [-0.1, -0.05) is 6.92 Å². The Bertz CT molecular complexity index is 397. The van der Waals surface area contributed by atoms with Gasteiger partial charge in [-0.05, 0) is 55.6 Å². The van der Waals surface area contributed by atoms with Crippen LogP contribution in [0.25, 0.3) is 0 Å². The van der Waals surface area contributed by atoms with Crippen molar-refractivity contribution < 1.29 is 9.18 Å². The second kappa shape index (κ2) is 5.41. The summed E-state index contributed by atoms with van der Waals surface area (Å²) in [4.78, 5) is 13.2. The van der Waals surface area contributed by atoms with Gasteiger partial charge in [0.25, 0.3) is 0 Å². The number of carbonyl (C=O) groups excluding carboxylic acids is 1. The molecule has 2 nitrogen and oxygen atoms in total.